The molecule has 180 valence electrons. The lowest BCUT2D eigenvalue weighted by Crippen LogP contribution is -2.51. The maximum atomic E-state index is 14.2. The van der Waals surface area contributed by atoms with Crippen molar-refractivity contribution in [2.45, 2.75) is 19.1 Å². The van der Waals surface area contributed by atoms with Crippen molar-refractivity contribution in [3.63, 3.8) is 0 Å². The van der Waals surface area contributed by atoms with Gasteiger partial charge in [-0.2, -0.15) is 0 Å². The number of halogens is 1. The molecule has 2 atom stereocenters. The topological polar surface area (TPSA) is 71.5 Å². The second kappa shape index (κ2) is 12.6. The fourth-order valence-corrected chi connectivity index (χ4v) is 3.84. The Hall–Kier alpha value is -2.52. The van der Waals surface area contributed by atoms with Gasteiger partial charge >= 0.3 is 0 Å². The minimum Gasteiger partial charge on any atom is -0.491 e. The summed E-state index contributed by atoms with van der Waals surface area (Å²) in [5.74, 6) is -0.178. The third-order valence-electron chi connectivity index (χ3n) is 5.60. The number of nitrogens with zero attached hydrogens (tertiary/aromatic N) is 2. The van der Waals surface area contributed by atoms with Gasteiger partial charge in [-0.25, -0.2) is 4.39 Å². The van der Waals surface area contributed by atoms with Crippen molar-refractivity contribution in [2.75, 3.05) is 59.7 Å². The zero-order valence-corrected chi connectivity index (χ0v) is 19.3. The first-order valence-corrected chi connectivity index (χ1v) is 11.2. The van der Waals surface area contributed by atoms with Crippen LogP contribution in [0.25, 0.3) is 0 Å². The number of carbonyl (C=O) groups is 1. The molecule has 8 heteroatoms. The number of hydrogen-bond donors (Lipinski definition) is 1. The summed E-state index contributed by atoms with van der Waals surface area (Å²) in [6.45, 7) is 5.29. The summed E-state index contributed by atoms with van der Waals surface area (Å²) in [4.78, 5) is 16.6. The number of amides is 1. The van der Waals surface area contributed by atoms with E-state index in [0.717, 1.165) is 11.3 Å². The van der Waals surface area contributed by atoms with Crippen LogP contribution in [0.1, 0.15) is 15.9 Å². The largest absolute Gasteiger partial charge is 0.491 e. The molecule has 1 heterocycles. The lowest BCUT2D eigenvalue weighted by molar-refractivity contribution is -0.0546. The molecule has 1 fully saturated rings. The van der Waals surface area contributed by atoms with Gasteiger partial charge in [-0.05, 0) is 30.7 Å². The van der Waals surface area contributed by atoms with Crippen molar-refractivity contribution in [3.8, 4) is 5.75 Å². The number of aryl methyl sites for hydroxylation is 1. The van der Waals surface area contributed by atoms with Crippen LogP contribution in [-0.4, -0.2) is 92.7 Å². The minimum atomic E-state index is -0.659. The van der Waals surface area contributed by atoms with Crippen LogP contribution in [0.15, 0.2) is 48.5 Å². The van der Waals surface area contributed by atoms with Crippen LogP contribution in [0.5, 0.6) is 5.75 Å². The number of morpholine rings is 1. The Morgan fingerprint density at radius 3 is 2.79 bits per heavy atom. The number of para-hydroxylation sites is 1. The van der Waals surface area contributed by atoms with Crippen LogP contribution < -0.4 is 4.74 Å². The first-order chi connectivity index (χ1) is 16.0. The van der Waals surface area contributed by atoms with Crippen molar-refractivity contribution >= 4 is 5.91 Å². The number of carbonyl (C=O) groups excluding carboxylic acids is 1. The van der Waals surface area contributed by atoms with E-state index in [0.29, 0.717) is 45.9 Å². The summed E-state index contributed by atoms with van der Waals surface area (Å²) in [6, 6.07) is 13.7. The molecular formula is C25H33FN2O5. The Morgan fingerprint density at radius 2 is 2.03 bits per heavy atom. The first kappa shape index (κ1) is 25.1. The van der Waals surface area contributed by atoms with Gasteiger partial charge in [0.05, 0.1) is 24.9 Å². The van der Waals surface area contributed by atoms with Gasteiger partial charge in [0.25, 0.3) is 5.91 Å². The van der Waals surface area contributed by atoms with Gasteiger partial charge in [-0.3, -0.25) is 9.69 Å². The van der Waals surface area contributed by atoms with Crippen LogP contribution in [0.2, 0.25) is 0 Å². The van der Waals surface area contributed by atoms with Crippen LogP contribution in [0.3, 0.4) is 0 Å². The molecule has 1 amide bonds. The maximum Gasteiger partial charge on any atom is 0.256 e. The molecule has 33 heavy (non-hydrogen) atoms. The van der Waals surface area contributed by atoms with E-state index in [1.54, 1.807) is 24.1 Å². The van der Waals surface area contributed by atoms with E-state index in [-0.39, 0.29) is 18.3 Å². The number of ether oxygens (including phenoxy) is 3. The average Bonchev–Trinajstić information content (AvgIpc) is 2.81. The molecule has 2 aromatic rings. The van der Waals surface area contributed by atoms with Gasteiger partial charge in [0.15, 0.2) is 0 Å². The van der Waals surface area contributed by atoms with Crippen molar-refractivity contribution in [1.82, 2.24) is 9.80 Å². The quantitative estimate of drug-likeness (QED) is 0.555. The molecule has 0 aliphatic carbocycles. The smallest absolute Gasteiger partial charge is 0.256 e. The molecule has 1 saturated heterocycles. The highest BCUT2D eigenvalue weighted by Crippen LogP contribution is 2.17. The minimum absolute atomic E-state index is 0.0324. The van der Waals surface area contributed by atoms with E-state index in [1.165, 1.54) is 12.1 Å². The molecule has 1 N–H and O–H groups in total. The molecule has 0 saturated carbocycles. The molecule has 0 aromatic heterocycles. The fraction of sp³-hybridized carbons (Fsp3) is 0.480. The van der Waals surface area contributed by atoms with Crippen molar-refractivity contribution in [2.24, 2.45) is 0 Å². The summed E-state index contributed by atoms with van der Waals surface area (Å²) in [6.07, 6.45) is -0.913. The number of methoxy groups -OCH3 is 1. The van der Waals surface area contributed by atoms with E-state index in [4.69, 9.17) is 14.2 Å². The van der Waals surface area contributed by atoms with Crippen LogP contribution in [-0.2, 0) is 9.47 Å². The third-order valence-corrected chi connectivity index (χ3v) is 5.60. The van der Waals surface area contributed by atoms with Crippen molar-refractivity contribution in [3.05, 3.63) is 65.5 Å². The van der Waals surface area contributed by atoms with Gasteiger partial charge in [0.2, 0.25) is 0 Å². The first-order valence-electron chi connectivity index (χ1n) is 11.2. The van der Waals surface area contributed by atoms with Crippen LogP contribution in [0, 0.1) is 12.7 Å². The molecule has 0 bridgehead atoms. The molecule has 0 spiro atoms. The summed E-state index contributed by atoms with van der Waals surface area (Å²) < 4.78 is 30.9. The molecular weight excluding hydrogens is 427 g/mol. The number of aliphatic hydroxyl groups is 1. The highest BCUT2D eigenvalue weighted by molar-refractivity contribution is 5.94. The summed E-state index contributed by atoms with van der Waals surface area (Å²) in [5, 5.41) is 10.5. The molecule has 2 unspecified atom stereocenters. The summed E-state index contributed by atoms with van der Waals surface area (Å²) in [7, 11) is 1.56. The average molecular weight is 461 g/mol. The Balaban J connectivity index is 1.54. The second-order valence-electron chi connectivity index (χ2n) is 8.21. The molecule has 7 nitrogen and oxygen atoms in total. The van der Waals surface area contributed by atoms with Crippen molar-refractivity contribution < 1.29 is 28.5 Å². The number of rotatable bonds is 11. The van der Waals surface area contributed by atoms with E-state index < -0.39 is 17.8 Å². The predicted octanol–water partition coefficient (Wildman–Crippen LogP) is 2.36. The third kappa shape index (κ3) is 7.50. The normalized spacial score (nSPS) is 17.5. The number of β-amino-alcohol motifs (C(OH)–C–C–N with tert-alkyl or cyclic N) is 1. The lowest BCUT2D eigenvalue weighted by Gasteiger charge is -2.36. The zero-order valence-electron chi connectivity index (χ0n) is 19.3. The van der Waals surface area contributed by atoms with E-state index in [9.17, 15) is 14.3 Å². The summed E-state index contributed by atoms with van der Waals surface area (Å²) >= 11 is 0. The van der Waals surface area contributed by atoms with Crippen molar-refractivity contribution in [1.29, 1.82) is 0 Å². The zero-order chi connectivity index (χ0) is 23.6. The second-order valence-corrected chi connectivity index (χ2v) is 8.21. The van der Waals surface area contributed by atoms with Gasteiger partial charge < -0.3 is 24.2 Å². The maximum absolute atomic E-state index is 14.2. The molecule has 1 aliphatic heterocycles. The Bertz CT molecular complexity index is 897. The monoisotopic (exact) mass is 460 g/mol. The number of benzene rings is 2. The molecule has 2 aromatic carbocycles. The highest BCUT2D eigenvalue weighted by atomic mass is 19.1. The Labute approximate surface area is 194 Å². The van der Waals surface area contributed by atoms with E-state index >= 15 is 0 Å². The predicted molar refractivity (Wildman–Crippen MR) is 123 cm³/mol. The van der Waals surface area contributed by atoms with E-state index in [2.05, 4.69) is 4.90 Å². The SMILES string of the molecule is COCCN(CC1CN(CC(O)COc2ccccc2C)CCO1)C(=O)c1ccccc1F. The van der Waals surface area contributed by atoms with Gasteiger partial charge in [-0.1, -0.05) is 30.3 Å². The number of hydrogen-bond acceptors (Lipinski definition) is 6. The highest BCUT2D eigenvalue weighted by Gasteiger charge is 2.27. The van der Waals surface area contributed by atoms with Gasteiger partial charge in [-0.15, -0.1) is 0 Å². The molecule has 1 aliphatic rings. The molecule has 0 radical (unpaired) electrons. The van der Waals surface area contributed by atoms with Crippen LogP contribution in [0.4, 0.5) is 4.39 Å². The van der Waals surface area contributed by atoms with Crippen LogP contribution >= 0.6 is 0 Å². The Kier molecular flexibility index (Phi) is 9.62. The number of aliphatic hydroxyl groups excluding tert-OH is 1. The van der Waals surface area contributed by atoms with Gasteiger partial charge in [0, 0.05) is 39.8 Å². The standard InChI is InChI=1S/C25H33FN2O5/c1-19-7-3-6-10-24(19)33-18-20(29)15-27-11-14-32-21(16-27)17-28(12-13-31-2)25(30)22-8-4-5-9-23(22)26/h3-10,20-21,29H,11-18H2,1-2H3. The van der Waals surface area contributed by atoms with Gasteiger partial charge in [0.1, 0.15) is 24.3 Å². The fourth-order valence-electron chi connectivity index (χ4n) is 3.84. The Morgan fingerprint density at radius 1 is 1.27 bits per heavy atom. The van der Waals surface area contributed by atoms with E-state index in [1.807, 2.05) is 31.2 Å². The summed E-state index contributed by atoms with van der Waals surface area (Å²) in [5.41, 5.74) is 1.05. The molecule has 3 rings (SSSR count). The lowest BCUT2D eigenvalue weighted by atomic mass is 10.1.